The average molecular weight is 240 g/mol. The van der Waals surface area contributed by atoms with Crippen molar-refractivity contribution in [2.45, 2.75) is 6.54 Å². The molecule has 0 aliphatic rings. The molecule has 18 heavy (non-hydrogen) atoms. The van der Waals surface area contributed by atoms with Crippen molar-refractivity contribution in [2.75, 3.05) is 5.73 Å². The summed E-state index contributed by atoms with van der Waals surface area (Å²) in [5.74, 6) is 0. The summed E-state index contributed by atoms with van der Waals surface area (Å²) in [5, 5.41) is 4.03. The molecule has 0 fully saturated rings. The molecule has 1 aromatic carbocycles. The molecule has 0 aliphatic heterocycles. The molecule has 0 saturated carbocycles. The zero-order valence-corrected chi connectivity index (χ0v) is 9.65. The SMILES string of the molecule is Nc1cccc(Cn2ccn3nccc3c2=O)c1. The largest absolute Gasteiger partial charge is 0.399 e. The van der Waals surface area contributed by atoms with Crippen LogP contribution in [0.5, 0.6) is 0 Å². The summed E-state index contributed by atoms with van der Waals surface area (Å²) >= 11 is 0. The maximum absolute atomic E-state index is 12.1. The molecule has 0 spiro atoms. The summed E-state index contributed by atoms with van der Waals surface area (Å²) in [6.07, 6.45) is 5.11. The Morgan fingerprint density at radius 3 is 2.94 bits per heavy atom. The molecule has 0 atom stereocenters. The van der Waals surface area contributed by atoms with Crippen molar-refractivity contribution in [3.05, 3.63) is 64.8 Å². The predicted molar refractivity (Wildman–Crippen MR) is 69.4 cm³/mol. The number of aromatic nitrogens is 3. The van der Waals surface area contributed by atoms with Gasteiger partial charge in [0, 0.05) is 18.1 Å². The fraction of sp³-hybridized carbons (Fsp3) is 0.0769. The van der Waals surface area contributed by atoms with E-state index in [-0.39, 0.29) is 5.56 Å². The smallest absolute Gasteiger partial charge is 0.276 e. The van der Waals surface area contributed by atoms with Crippen LogP contribution in [0.15, 0.2) is 53.7 Å². The molecule has 5 nitrogen and oxygen atoms in total. The lowest BCUT2D eigenvalue weighted by molar-refractivity contribution is 0.743. The maximum Gasteiger partial charge on any atom is 0.276 e. The minimum atomic E-state index is -0.0579. The normalized spacial score (nSPS) is 10.9. The van der Waals surface area contributed by atoms with E-state index in [1.54, 1.807) is 33.7 Å². The number of nitrogen functional groups attached to an aromatic ring is 1. The number of nitrogens with two attached hydrogens (primary N) is 1. The van der Waals surface area contributed by atoms with E-state index in [1.807, 2.05) is 24.3 Å². The van der Waals surface area contributed by atoms with Crippen LogP contribution >= 0.6 is 0 Å². The lowest BCUT2D eigenvalue weighted by Crippen LogP contribution is -2.21. The first-order valence-corrected chi connectivity index (χ1v) is 5.61. The fourth-order valence-electron chi connectivity index (χ4n) is 1.97. The number of rotatable bonds is 2. The first-order chi connectivity index (χ1) is 8.74. The van der Waals surface area contributed by atoms with Gasteiger partial charge in [-0.05, 0) is 23.8 Å². The van der Waals surface area contributed by atoms with E-state index in [0.29, 0.717) is 17.7 Å². The second-order valence-electron chi connectivity index (χ2n) is 4.14. The van der Waals surface area contributed by atoms with Crippen molar-refractivity contribution in [3.8, 4) is 0 Å². The van der Waals surface area contributed by atoms with Gasteiger partial charge < -0.3 is 10.3 Å². The van der Waals surface area contributed by atoms with E-state index >= 15 is 0 Å². The zero-order valence-electron chi connectivity index (χ0n) is 9.65. The van der Waals surface area contributed by atoms with Crippen molar-refractivity contribution in [3.63, 3.8) is 0 Å². The number of anilines is 1. The van der Waals surface area contributed by atoms with E-state index in [4.69, 9.17) is 5.73 Å². The predicted octanol–water partition coefficient (Wildman–Crippen LogP) is 1.13. The Labute approximate surface area is 103 Å². The van der Waals surface area contributed by atoms with Crippen molar-refractivity contribution in [1.29, 1.82) is 0 Å². The molecule has 3 rings (SSSR count). The van der Waals surface area contributed by atoms with E-state index in [1.165, 1.54) is 0 Å². The van der Waals surface area contributed by atoms with Gasteiger partial charge in [0.2, 0.25) is 0 Å². The van der Waals surface area contributed by atoms with Gasteiger partial charge in [-0.1, -0.05) is 12.1 Å². The minimum Gasteiger partial charge on any atom is -0.399 e. The molecular formula is C13H12N4O. The van der Waals surface area contributed by atoms with Gasteiger partial charge in [-0.2, -0.15) is 5.10 Å². The highest BCUT2D eigenvalue weighted by atomic mass is 16.1. The molecule has 0 aliphatic carbocycles. The van der Waals surface area contributed by atoms with Crippen LogP contribution in [0.3, 0.4) is 0 Å². The molecule has 0 unspecified atom stereocenters. The molecule has 0 radical (unpaired) electrons. The topological polar surface area (TPSA) is 65.3 Å². The molecule has 2 heterocycles. The standard InChI is InChI=1S/C13H12N4O/c14-11-3-1-2-10(8-11)9-16-6-7-17-12(13(16)18)4-5-15-17/h1-8H,9,14H2. The van der Waals surface area contributed by atoms with E-state index in [2.05, 4.69) is 5.10 Å². The molecule has 0 bridgehead atoms. The lowest BCUT2D eigenvalue weighted by Gasteiger charge is -2.06. The lowest BCUT2D eigenvalue weighted by atomic mass is 10.2. The molecule has 5 heteroatoms. The van der Waals surface area contributed by atoms with Gasteiger partial charge in [0.25, 0.3) is 5.56 Å². The Morgan fingerprint density at radius 2 is 2.11 bits per heavy atom. The van der Waals surface area contributed by atoms with Crippen molar-refractivity contribution >= 4 is 11.2 Å². The molecule has 2 aromatic heterocycles. The van der Waals surface area contributed by atoms with Gasteiger partial charge in [-0.3, -0.25) is 4.79 Å². The molecule has 0 amide bonds. The number of nitrogens with zero attached hydrogens (tertiary/aromatic N) is 3. The van der Waals surface area contributed by atoms with Crippen LogP contribution in [0.1, 0.15) is 5.56 Å². The number of fused-ring (bicyclic) bond motifs is 1. The van der Waals surface area contributed by atoms with E-state index in [9.17, 15) is 4.79 Å². The summed E-state index contributed by atoms with van der Waals surface area (Å²) in [6.45, 7) is 0.506. The summed E-state index contributed by atoms with van der Waals surface area (Å²) in [6, 6.07) is 9.23. The first-order valence-electron chi connectivity index (χ1n) is 5.61. The van der Waals surface area contributed by atoms with Gasteiger partial charge in [-0.25, -0.2) is 4.52 Å². The highest BCUT2D eigenvalue weighted by molar-refractivity contribution is 5.43. The van der Waals surface area contributed by atoms with Gasteiger partial charge in [0.05, 0.1) is 12.7 Å². The molecule has 90 valence electrons. The molecule has 3 aromatic rings. The maximum atomic E-state index is 12.1. The van der Waals surface area contributed by atoms with E-state index < -0.39 is 0 Å². The monoisotopic (exact) mass is 240 g/mol. The van der Waals surface area contributed by atoms with Crippen LogP contribution in [0.4, 0.5) is 5.69 Å². The molecule has 2 N–H and O–H groups in total. The van der Waals surface area contributed by atoms with E-state index in [0.717, 1.165) is 5.56 Å². The summed E-state index contributed by atoms with van der Waals surface area (Å²) in [5.41, 5.74) is 7.94. The number of hydrogen-bond donors (Lipinski definition) is 1. The van der Waals surface area contributed by atoms with Crippen molar-refractivity contribution in [1.82, 2.24) is 14.2 Å². The fourth-order valence-corrected chi connectivity index (χ4v) is 1.97. The van der Waals surface area contributed by atoms with Gasteiger partial charge in [0.1, 0.15) is 5.52 Å². The summed E-state index contributed by atoms with van der Waals surface area (Å²) < 4.78 is 3.21. The Kier molecular flexibility index (Phi) is 2.37. The van der Waals surface area contributed by atoms with Crippen LogP contribution < -0.4 is 11.3 Å². The third-order valence-corrected chi connectivity index (χ3v) is 2.84. The van der Waals surface area contributed by atoms with Crippen LogP contribution in [0, 0.1) is 0 Å². The van der Waals surface area contributed by atoms with Crippen LogP contribution in [-0.2, 0) is 6.54 Å². The Balaban J connectivity index is 2.05. The quantitative estimate of drug-likeness (QED) is 0.683. The second-order valence-corrected chi connectivity index (χ2v) is 4.14. The van der Waals surface area contributed by atoms with Crippen molar-refractivity contribution < 1.29 is 0 Å². The Bertz CT molecular complexity index is 757. The van der Waals surface area contributed by atoms with Gasteiger partial charge in [-0.15, -0.1) is 0 Å². The highest BCUT2D eigenvalue weighted by Crippen LogP contribution is 2.07. The van der Waals surface area contributed by atoms with Gasteiger partial charge >= 0.3 is 0 Å². The van der Waals surface area contributed by atoms with Crippen LogP contribution in [0.25, 0.3) is 5.52 Å². The number of hydrogen-bond acceptors (Lipinski definition) is 3. The summed E-state index contributed by atoms with van der Waals surface area (Å²) in [4.78, 5) is 12.1. The number of benzene rings is 1. The first kappa shape index (κ1) is 10.6. The Morgan fingerprint density at radius 1 is 1.22 bits per heavy atom. The van der Waals surface area contributed by atoms with Crippen molar-refractivity contribution in [2.24, 2.45) is 0 Å². The third kappa shape index (κ3) is 1.75. The van der Waals surface area contributed by atoms with Crippen LogP contribution in [-0.4, -0.2) is 14.2 Å². The molecular weight excluding hydrogens is 228 g/mol. The average Bonchev–Trinajstić information content (AvgIpc) is 2.82. The third-order valence-electron chi connectivity index (χ3n) is 2.84. The van der Waals surface area contributed by atoms with Gasteiger partial charge in [0.15, 0.2) is 0 Å². The van der Waals surface area contributed by atoms with Crippen LogP contribution in [0.2, 0.25) is 0 Å². The summed E-state index contributed by atoms with van der Waals surface area (Å²) in [7, 11) is 0. The molecule has 0 saturated heterocycles. The Hall–Kier alpha value is -2.56. The second kappa shape index (κ2) is 4.03. The minimum absolute atomic E-state index is 0.0579. The highest BCUT2D eigenvalue weighted by Gasteiger charge is 2.03. The zero-order chi connectivity index (χ0) is 12.5.